The number of aliphatic hydroxyl groups excluding tert-OH is 1. The van der Waals surface area contributed by atoms with Gasteiger partial charge < -0.3 is 20.3 Å². The summed E-state index contributed by atoms with van der Waals surface area (Å²) >= 11 is 0. The van der Waals surface area contributed by atoms with Crippen LogP contribution in [0, 0.1) is 5.82 Å². The van der Waals surface area contributed by atoms with Crippen molar-refractivity contribution in [1.29, 1.82) is 0 Å². The normalized spacial score (nSPS) is 13.3. The lowest BCUT2D eigenvalue weighted by molar-refractivity contribution is 0.0698. The third-order valence-corrected chi connectivity index (χ3v) is 3.88. The molecule has 0 amide bonds. The fraction of sp³-hybridized carbons (Fsp3) is 0.278. The van der Waals surface area contributed by atoms with Gasteiger partial charge in [-0.1, -0.05) is 0 Å². The van der Waals surface area contributed by atoms with Crippen LogP contribution in [-0.2, 0) is 0 Å². The van der Waals surface area contributed by atoms with E-state index in [1.54, 1.807) is 26.1 Å². The summed E-state index contributed by atoms with van der Waals surface area (Å²) in [7, 11) is 0. The van der Waals surface area contributed by atoms with Crippen LogP contribution >= 0.6 is 0 Å². The Morgan fingerprint density at radius 2 is 2.15 bits per heavy atom. The van der Waals surface area contributed by atoms with Gasteiger partial charge in [0.05, 0.1) is 18.3 Å². The molecule has 0 aliphatic carbocycles. The highest BCUT2D eigenvalue weighted by Gasteiger charge is 2.17. The molecule has 0 fully saturated rings. The van der Waals surface area contributed by atoms with Crippen molar-refractivity contribution >= 4 is 17.4 Å². The molecule has 0 bridgehead atoms. The number of rotatable bonds is 7. The summed E-state index contributed by atoms with van der Waals surface area (Å²) in [4.78, 5) is 15.5. The molecule has 27 heavy (non-hydrogen) atoms. The van der Waals surface area contributed by atoms with E-state index in [0.29, 0.717) is 17.1 Å². The second-order valence-corrected chi connectivity index (χ2v) is 6.15. The monoisotopic (exact) mass is 374 g/mol. The first-order valence-electron chi connectivity index (χ1n) is 8.29. The number of aromatic nitrogens is 3. The highest BCUT2D eigenvalue weighted by atomic mass is 19.1. The number of hydrogen-bond acceptors (Lipinski definition) is 6. The van der Waals surface area contributed by atoms with Crippen LogP contribution in [0.15, 0.2) is 36.7 Å². The minimum atomic E-state index is -1.12. The van der Waals surface area contributed by atoms with Crippen molar-refractivity contribution in [2.24, 2.45) is 0 Å². The van der Waals surface area contributed by atoms with Crippen LogP contribution in [0.1, 0.15) is 35.8 Å². The molecule has 0 saturated carbocycles. The van der Waals surface area contributed by atoms with Crippen LogP contribution in [-0.4, -0.2) is 43.5 Å². The van der Waals surface area contributed by atoms with Crippen molar-refractivity contribution in [3.8, 4) is 5.75 Å². The van der Waals surface area contributed by atoms with Crippen molar-refractivity contribution in [3.05, 3.63) is 53.6 Å². The Morgan fingerprint density at radius 1 is 1.37 bits per heavy atom. The number of aromatic carboxylic acids is 1. The fourth-order valence-corrected chi connectivity index (χ4v) is 2.60. The maximum atomic E-state index is 13.7. The molecule has 142 valence electrons. The zero-order valence-electron chi connectivity index (χ0n) is 14.8. The minimum Gasteiger partial charge on any atom is -0.491 e. The molecule has 0 aliphatic heterocycles. The molecule has 1 aromatic carbocycles. The van der Waals surface area contributed by atoms with Crippen LogP contribution in [0.5, 0.6) is 5.75 Å². The molecule has 2 aromatic heterocycles. The number of carboxylic acids is 1. The van der Waals surface area contributed by atoms with Crippen molar-refractivity contribution in [2.75, 3.05) is 11.9 Å². The molecule has 2 atom stereocenters. The van der Waals surface area contributed by atoms with Crippen LogP contribution in [0.2, 0.25) is 0 Å². The van der Waals surface area contributed by atoms with Gasteiger partial charge in [-0.2, -0.15) is 5.10 Å². The molecule has 3 rings (SSSR count). The Kier molecular flexibility index (Phi) is 5.22. The third kappa shape index (κ3) is 4.14. The number of ether oxygens (including phenoxy) is 1. The zero-order chi connectivity index (χ0) is 19.6. The molecule has 0 aliphatic rings. The van der Waals surface area contributed by atoms with Crippen molar-refractivity contribution in [2.45, 2.75) is 26.0 Å². The van der Waals surface area contributed by atoms with Gasteiger partial charge >= 0.3 is 5.97 Å². The Balaban J connectivity index is 1.87. The largest absolute Gasteiger partial charge is 0.491 e. The first-order valence-corrected chi connectivity index (χ1v) is 8.29. The predicted octanol–water partition coefficient (Wildman–Crippen LogP) is 2.50. The average Bonchev–Trinajstić information content (AvgIpc) is 3.04. The first-order chi connectivity index (χ1) is 12.8. The van der Waals surface area contributed by atoms with Gasteiger partial charge in [-0.25, -0.2) is 18.7 Å². The van der Waals surface area contributed by atoms with E-state index in [2.05, 4.69) is 15.4 Å². The van der Waals surface area contributed by atoms with Crippen molar-refractivity contribution in [1.82, 2.24) is 14.6 Å². The number of nitrogens with one attached hydrogen (secondary N) is 1. The number of carboxylic acid groups (broad SMARTS) is 1. The van der Waals surface area contributed by atoms with E-state index in [4.69, 9.17) is 4.74 Å². The SMILES string of the molecule is CC(O)COc1ccc(F)cc1[C@@H](C)Nc1ccn2ncc(C(=O)O)c2n1. The van der Waals surface area contributed by atoms with E-state index in [0.717, 1.165) is 0 Å². The van der Waals surface area contributed by atoms with Crippen LogP contribution in [0.3, 0.4) is 0 Å². The lowest BCUT2D eigenvalue weighted by atomic mass is 10.1. The smallest absolute Gasteiger partial charge is 0.341 e. The summed E-state index contributed by atoms with van der Waals surface area (Å²) in [5, 5.41) is 25.6. The number of anilines is 1. The van der Waals surface area contributed by atoms with E-state index < -0.39 is 23.9 Å². The first kappa shape index (κ1) is 18.6. The van der Waals surface area contributed by atoms with Gasteiger partial charge in [0.1, 0.15) is 29.6 Å². The van der Waals surface area contributed by atoms with Crippen molar-refractivity contribution in [3.63, 3.8) is 0 Å². The lowest BCUT2D eigenvalue weighted by Crippen LogP contribution is -2.16. The summed E-state index contributed by atoms with van der Waals surface area (Å²) in [6, 6.07) is 5.37. The van der Waals surface area contributed by atoms with E-state index in [-0.39, 0.29) is 17.8 Å². The molecule has 2 heterocycles. The maximum absolute atomic E-state index is 13.7. The van der Waals surface area contributed by atoms with Crippen molar-refractivity contribution < 1.29 is 24.1 Å². The van der Waals surface area contributed by atoms with Gasteiger partial charge in [-0.05, 0) is 38.1 Å². The Hall–Kier alpha value is -3.20. The maximum Gasteiger partial charge on any atom is 0.341 e. The van der Waals surface area contributed by atoms with Gasteiger partial charge in [-0.3, -0.25) is 0 Å². The third-order valence-electron chi connectivity index (χ3n) is 3.88. The molecule has 0 radical (unpaired) electrons. The number of carbonyl (C=O) groups is 1. The minimum absolute atomic E-state index is 0.0157. The lowest BCUT2D eigenvalue weighted by Gasteiger charge is -2.19. The number of hydrogen-bond donors (Lipinski definition) is 3. The summed E-state index contributed by atoms with van der Waals surface area (Å²) < 4.78 is 20.6. The van der Waals surface area contributed by atoms with Gasteiger partial charge in [-0.15, -0.1) is 0 Å². The molecular formula is C18H19FN4O4. The van der Waals surface area contributed by atoms with Gasteiger partial charge in [0.2, 0.25) is 0 Å². The van der Waals surface area contributed by atoms with E-state index in [9.17, 15) is 19.4 Å². The molecule has 9 heteroatoms. The highest BCUT2D eigenvalue weighted by Crippen LogP contribution is 2.28. The van der Waals surface area contributed by atoms with Crippen LogP contribution in [0.25, 0.3) is 5.65 Å². The van der Waals surface area contributed by atoms with Gasteiger partial charge in [0, 0.05) is 11.8 Å². The van der Waals surface area contributed by atoms with Crippen LogP contribution < -0.4 is 10.1 Å². The molecule has 0 spiro atoms. The van der Waals surface area contributed by atoms with E-state index >= 15 is 0 Å². The second-order valence-electron chi connectivity index (χ2n) is 6.15. The molecule has 8 nitrogen and oxygen atoms in total. The van der Waals surface area contributed by atoms with Gasteiger partial charge in [0.15, 0.2) is 5.65 Å². The summed E-state index contributed by atoms with van der Waals surface area (Å²) in [5.74, 6) is -0.699. The molecule has 0 saturated heterocycles. The van der Waals surface area contributed by atoms with E-state index in [1.807, 2.05) is 0 Å². The molecular weight excluding hydrogens is 355 g/mol. The fourth-order valence-electron chi connectivity index (χ4n) is 2.60. The standard InChI is InChI=1S/C18H19FN4O4/c1-10(24)9-27-15-4-3-12(19)7-13(15)11(2)21-16-5-6-23-17(22-16)14(8-20-23)18(25)26/h3-8,10-11,24H,9H2,1-2H3,(H,21,22)(H,25,26)/t10?,11-/m1/s1. The number of halogens is 1. The Morgan fingerprint density at radius 3 is 2.85 bits per heavy atom. The quantitative estimate of drug-likeness (QED) is 0.583. The number of fused-ring (bicyclic) bond motifs is 1. The highest BCUT2D eigenvalue weighted by molar-refractivity contribution is 5.94. The summed E-state index contributed by atoms with van der Waals surface area (Å²) in [6.07, 6.45) is 2.15. The Bertz CT molecular complexity index is 973. The number of nitrogens with zero attached hydrogens (tertiary/aromatic N) is 3. The second kappa shape index (κ2) is 7.58. The predicted molar refractivity (Wildman–Crippen MR) is 95.6 cm³/mol. The van der Waals surface area contributed by atoms with E-state index in [1.165, 1.54) is 28.9 Å². The number of benzene rings is 1. The van der Waals surface area contributed by atoms with Gasteiger partial charge in [0.25, 0.3) is 0 Å². The molecule has 3 N–H and O–H groups in total. The average molecular weight is 374 g/mol. The zero-order valence-corrected chi connectivity index (χ0v) is 14.8. The molecule has 1 unspecified atom stereocenters. The molecule has 3 aromatic rings. The Labute approximate surface area is 154 Å². The number of aliphatic hydroxyl groups is 1. The summed E-state index contributed by atoms with van der Waals surface area (Å²) in [6.45, 7) is 3.47. The van der Waals surface area contributed by atoms with Crippen LogP contribution in [0.4, 0.5) is 10.2 Å². The topological polar surface area (TPSA) is 109 Å². The summed E-state index contributed by atoms with van der Waals surface area (Å²) in [5.41, 5.74) is 0.729.